The van der Waals surface area contributed by atoms with Gasteiger partial charge in [-0.3, -0.25) is 14.7 Å². The number of hydrogen-bond donors (Lipinski definition) is 2. The van der Waals surface area contributed by atoms with Gasteiger partial charge >= 0.3 is 0 Å². The molecule has 0 saturated heterocycles. The lowest BCUT2D eigenvalue weighted by molar-refractivity contribution is 0.0846. The summed E-state index contributed by atoms with van der Waals surface area (Å²) in [5, 5.41) is 9.97. The number of fused-ring (bicyclic) bond motifs is 1. The first-order valence-electron chi connectivity index (χ1n) is 10.3. The Morgan fingerprint density at radius 2 is 1.88 bits per heavy atom. The first kappa shape index (κ1) is 20.4. The number of aromatic nitrogens is 3. The van der Waals surface area contributed by atoms with Crippen LogP contribution in [0.4, 0.5) is 5.69 Å². The average molecular weight is 452 g/mol. The predicted molar refractivity (Wildman–Crippen MR) is 117 cm³/mol. The van der Waals surface area contributed by atoms with Crippen LogP contribution in [0.3, 0.4) is 0 Å². The van der Waals surface area contributed by atoms with Crippen LogP contribution in [-0.4, -0.2) is 45.8 Å². The van der Waals surface area contributed by atoms with E-state index in [1.807, 2.05) is 12.1 Å². The van der Waals surface area contributed by atoms with Gasteiger partial charge in [0.05, 0.1) is 5.56 Å². The third-order valence-corrected chi connectivity index (χ3v) is 7.55. The minimum absolute atomic E-state index is 0.0803. The minimum atomic E-state index is -3.97. The van der Waals surface area contributed by atoms with E-state index in [0.29, 0.717) is 17.4 Å². The van der Waals surface area contributed by atoms with Gasteiger partial charge in [-0.2, -0.15) is 5.10 Å². The summed E-state index contributed by atoms with van der Waals surface area (Å²) in [6.07, 6.45) is 2.26. The zero-order valence-electron chi connectivity index (χ0n) is 17.5. The fourth-order valence-electron chi connectivity index (χ4n) is 3.75. The molecule has 10 heteroatoms. The monoisotopic (exact) mass is 451 g/mol. The van der Waals surface area contributed by atoms with Gasteiger partial charge in [0.2, 0.25) is 0 Å². The lowest BCUT2D eigenvalue weighted by Crippen LogP contribution is -2.36. The van der Waals surface area contributed by atoms with Crippen LogP contribution in [0, 0.1) is 0 Å². The normalized spacial score (nSPS) is 17.0. The summed E-state index contributed by atoms with van der Waals surface area (Å²) >= 11 is 0. The van der Waals surface area contributed by atoms with Gasteiger partial charge < -0.3 is 5.32 Å². The number of hydrogen-bond acceptors (Lipinski definition) is 6. The van der Waals surface area contributed by atoms with Gasteiger partial charge in [-0.1, -0.05) is 0 Å². The maximum atomic E-state index is 12.7. The van der Waals surface area contributed by atoms with E-state index < -0.39 is 27.9 Å². The van der Waals surface area contributed by atoms with Crippen molar-refractivity contribution >= 4 is 27.5 Å². The molecule has 1 aliphatic carbocycles. The van der Waals surface area contributed by atoms with Crippen LogP contribution in [0.25, 0.3) is 11.4 Å². The zero-order valence-corrected chi connectivity index (χ0v) is 18.3. The topological polar surface area (TPSA) is 125 Å². The Morgan fingerprint density at radius 3 is 2.53 bits per heavy atom. The number of carbonyl (C=O) groups excluding carboxylic acids is 2. The van der Waals surface area contributed by atoms with Crippen LogP contribution in [0.15, 0.2) is 47.4 Å². The van der Waals surface area contributed by atoms with Gasteiger partial charge in [-0.05, 0) is 69.2 Å². The summed E-state index contributed by atoms with van der Waals surface area (Å²) in [6.45, 7) is 3.26. The Labute approximate surface area is 184 Å². The van der Waals surface area contributed by atoms with E-state index in [4.69, 9.17) is 0 Å². The summed E-state index contributed by atoms with van der Waals surface area (Å²) in [6, 6.07) is 10.7. The molecule has 2 aromatic carbocycles. The van der Waals surface area contributed by atoms with E-state index in [1.54, 1.807) is 26.0 Å². The van der Waals surface area contributed by atoms with Gasteiger partial charge in [0.1, 0.15) is 10.7 Å². The second-order valence-corrected chi connectivity index (χ2v) is 10.0. The number of rotatable bonds is 5. The van der Waals surface area contributed by atoms with Crippen LogP contribution in [0.5, 0.6) is 0 Å². The SMILES string of the molecule is CC(C)N1C(=O)c2ccc(C(=O)Nc3ccc(-c4n[nH]c(C5CC5)n4)cc3)cc2S1(=O)=O. The average Bonchev–Trinajstić information content (AvgIpc) is 3.45. The number of sulfonamides is 1. The molecule has 164 valence electrons. The van der Waals surface area contributed by atoms with E-state index in [1.165, 1.54) is 18.2 Å². The standard InChI is InChI=1S/C22H21N5O4S/c1-12(2)27-22(29)17-10-7-15(11-18(17)32(27,30)31)21(28)23-16-8-5-14(6-9-16)20-24-19(25-26-20)13-3-4-13/h5-13H,3-4H2,1-2H3,(H,23,28)(H,24,25,26). The molecule has 2 N–H and O–H groups in total. The quantitative estimate of drug-likeness (QED) is 0.614. The van der Waals surface area contributed by atoms with Crippen molar-refractivity contribution < 1.29 is 18.0 Å². The minimum Gasteiger partial charge on any atom is -0.322 e. The molecule has 9 nitrogen and oxygen atoms in total. The molecule has 1 saturated carbocycles. The van der Waals surface area contributed by atoms with Crippen molar-refractivity contribution in [1.29, 1.82) is 0 Å². The largest absolute Gasteiger partial charge is 0.322 e. The van der Waals surface area contributed by atoms with E-state index in [2.05, 4.69) is 20.5 Å². The molecule has 2 heterocycles. The van der Waals surface area contributed by atoms with Gasteiger partial charge in [0.15, 0.2) is 5.82 Å². The van der Waals surface area contributed by atoms with E-state index >= 15 is 0 Å². The van der Waals surface area contributed by atoms with Gasteiger partial charge in [-0.15, -0.1) is 0 Å². The van der Waals surface area contributed by atoms with Crippen molar-refractivity contribution in [3.8, 4) is 11.4 Å². The smallest absolute Gasteiger partial charge is 0.269 e. The highest BCUT2D eigenvalue weighted by atomic mass is 32.2. The number of nitrogens with zero attached hydrogens (tertiary/aromatic N) is 3. The van der Waals surface area contributed by atoms with E-state index in [0.717, 1.165) is 28.5 Å². The maximum Gasteiger partial charge on any atom is 0.269 e. The molecule has 3 aromatic rings. The molecule has 2 aliphatic rings. The first-order valence-corrected chi connectivity index (χ1v) is 11.8. The first-order chi connectivity index (χ1) is 15.3. The predicted octanol–water partition coefficient (Wildman–Crippen LogP) is 3.15. The number of anilines is 1. The second-order valence-electron chi connectivity index (χ2n) is 8.26. The Kier molecular flexibility index (Phi) is 4.63. The van der Waals surface area contributed by atoms with Gasteiger partial charge in [-0.25, -0.2) is 17.7 Å². The number of nitrogens with one attached hydrogen (secondary N) is 2. The molecule has 0 radical (unpaired) electrons. The van der Waals surface area contributed by atoms with Crippen molar-refractivity contribution in [1.82, 2.24) is 19.5 Å². The number of carbonyl (C=O) groups is 2. The fourth-order valence-corrected chi connectivity index (χ4v) is 5.54. The molecular formula is C22H21N5O4S. The Bertz CT molecular complexity index is 1340. The maximum absolute atomic E-state index is 12.7. The molecule has 1 fully saturated rings. The number of amides is 2. The van der Waals surface area contributed by atoms with Crippen molar-refractivity contribution in [2.45, 2.75) is 43.5 Å². The highest BCUT2D eigenvalue weighted by molar-refractivity contribution is 7.90. The number of H-pyrrole nitrogens is 1. The molecule has 0 bridgehead atoms. The van der Waals surface area contributed by atoms with Crippen LogP contribution in [-0.2, 0) is 10.0 Å². The highest BCUT2D eigenvalue weighted by Crippen LogP contribution is 2.38. The third kappa shape index (κ3) is 3.36. The number of aromatic amines is 1. The molecule has 5 rings (SSSR count). The van der Waals surface area contributed by atoms with Crippen LogP contribution < -0.4 is 5.32 Å². The molecular weight excluding hydrogens is 430 g/mol. The Hall–Kier alpha value is -3.53. The molecule has 32 heavy (non-hydrogen) atoms. The van der Waals surface area contributed by atoms with Gasteiger partial charge in [0.25, 0.3) is 21.8 Å². The molecule has 2 amide bonds. The summed E-state index contributed by atoms with van der Waals surface area (Å²) < 4.78 is 26.3. The Balaban J connectivity index is 1.35. The fraction of sp³-hybridized carbons (Fsp3) is 0.273. The molecule has 1 aromatic heterocycles. The summed E-state index contributed by atoms with van der Waals surface area (Å²) in [5.41, 5.74) is 1.59. The molecule has 1 aliphatic heterocycles. The summed E-state index contributed by atoms with van der Waals surface area (Å²) in [4.78, 5) is 29.5. The second kappa shape index (κ2) is 7.27. The Morgan fingerprint density at radius 1 is 1.16 bits per heavy atom. The lowest BCUT2D eigenvalue weighted by atomic mass is 10.1. The van der Waals surface area contributed by atoms with E-state index in [-0.39, 0.29) is 16.0 Å². The van der Waals surface area contributed by atoms with Crippen LogP contribution in [0.2, 0.25) is 0 Å². The summed E-state index contributed by atoms with van der Waals surface area (Å²) in [5.74, 6) is 0.940. The number of benzene rings is 2. The summed E-state index contributed by atoms with van der Waals surface area (Å²) in [7, 11) is -3.97. The van der Waals surface area contributed by atoms with Crippen molar-refractivity contribution in [2.24, 2.45) is 0 Å². The van der Waals surface area contributed by atoms with E-state index in [9.17, 15) is 18.0 Å². The van der Waals surface area contributed by atoms with Crippen LogP contribution >= 0.6 is 0 Å². The molecule has 0 unspecified atom stereocenters. The zero-order chi connectivity index (χ0) is 22.6. The molecule has 0 spiro atoms. The van der Waals surface area contributed by atoms with Crippen molar-refractivity contribution in [2.75, 3.05) is 5.32 Å². The highest BCUT2D eigenvalue weighted by Gasteiger charge is 2.43. The molecule has 0 atom stereocenters. The third-order valence-electron chi connectivity index (χ3n) is 5.55. The van der Waals surface area contributed by atoms with Crippen molar-refractivity contribution in [3.63, 3.8) is 0 Å². The van der Waals surface area contributed by atoms with Crippen LogP contribution in [0.1, 0.15) is 59.1 Å². The lowest BCUT2D eigenvalue weighted by Gasteiger charge is -2.18. The van der Waals surface area contributed by atoms with Crippen molar-refractivity contribution in [3.05, 3.63) is 59.4 Å². The van der Waals surface area contributed by atoms with Gasteiger partial charge in [0, 0.05) is 28.8 Å².